The van der Waals surface area contributed by atoms with E-state index in [1.165, 1.54) is 12.4 Å². The second-order valence-corrected chi connectivity index (χ2v) is 2.56. The van der Waals surface area contributed by atoms with Crippen molar-refractivity contribution in [1.82, 2.24) is 15.4 Å². The number of carboxylic acids is 1. The number of hydrogen-bond acceptors (Lipinski definition) is 5. The summed E-state index contributed by atoms with van der Waals surface area (Å²) in [5, 5.41) is 18.6. The van der Waals surface area contributed by atoms with Gasteiger partial charge in [0.15, 0.2) is 5.56 Å². The van der Waals surface area contributed by atoms with Crippen LogP contribution in [0.3, 0.4) is 0 Å². The number of hydrogen-bond donors (Lipinski definition) is 3. The van der Waals surface area contributed by atoms with Gasteiger partial charge in [0.25, 0.3) is 0 Å². The van der Waals surface area contributed by atoms with Crippen LogP contribution in [0.25, 0.3) is 11.3 Å². The molecule has 0 amide bonds. The molecule has 72 valence electrons. The Hall–Kier alpha value is -2.31. The Balaban J connectivity index is 2.60. The first kappa shape index (κ1) is 8.30. The Bertz CT molecular complexity index is 459. The number of aromatic carboxylic acids is 1. The lowest BCUT2D eigenvalue weighted by atomic mass is 10.1. The van der Waals surface area contributed by atoms with Gasteiger partial charge >= 0.3 is 5.97 Å². The molecule has 0 aliphatic heterocycles. The zero-order chi connectivity index (χ0) is 10.1. The fourth-order valence-corrected chi connectivity index (χ4v) is 1.09. The number of H-pyrrole nitrogens is 1. The molecule has 0 unspecified atom stereocenters. The molecule has 0 aromatic carbocycles. The van der Waals surface area contributed by atoms with Crippen molar-refractivity contribution in [3.63, 3.8) is 0 Å². The number of nitrogen functional groups attached to an aromatic ring is 1. The Kier molecular flexibility index (Phi) is 1.70. The average molecular weight is 194 g/mol. The molecule has 2 heterocycles. The number of aromatic amines is 1. The lowest BCUT2D eigenvalue weighted by molar-refractivity contribution is 0.0698. The second-order valence-electron chi connectivity index (χ2n) is 2.56. The Morgan fingerprint density at radius 3 is 3.00 bits per heavy atom. The molecule has 4 N–H and O–H groups in total. The standard InChI is InChI=1S/C7H6N4O3/c8-6-4(7(12)13)5(11-14-6)3-1-9-10-2-3/h1-2H,8H2,(H,9,10)(H,12,13). The topological polar surface area (TPSA) is 118 Å². The van der Waals surface area contributed by atoms with Gasteiger partial charge in [0, 0.05) is 11.8 Å². The summed E-state index contributed by atoms with van der Waals surface area (Å²) < 4.78 is 4.59. The summed E-state index contributed by atoms with van der Waals surface area (Å²) in [6.07, 6.45) is 2.94. The van der Waals surface area contributed by atoms with E-state index in [4.69, 9.17) is 10.8 Å². The lowest BCUT2D eigenvalue weighted by Crippen LogP contribution is -2.00. The van der Waals surface area contributed by atoms with Crippen LogP contribution in [0.15, 0.2) is 16.9 Å². The SMILES string of the molecule is Nc1onc(-c2cn[nH]c2)c1C(=O)O. The van der Waals surface area contributed by atoms with Gasteiger partial charge in [0.2, 0.25) is 5.88 Å². The molecule has 7 nitrogen and oxygen atoms in total. The first-order valence-electron chi connectivity index (χ1n) is 3.67. The molecule has 0 aliphatic rings. The van der Waals surface area contributed by atoms with Crippen molar-refractivity contribution < 1.29 is 14.4 Å². The molecule has 0 radical (unpaired) electrons. The first-order chi connectivity index (χ1) is 6.70. The number of carbonyl (C=O) groups is 1. The van der Waals surface area contributed by atoms with Crippen LogP contribution >= 0.6 is 0 Å². The zero-order valence-corrected chi connectivity index (χ0v) is 6.89. The summed E-state index contributed by atoms with van der Waals surface area (Å²) in [6.45, 7) is 0. The highest BCUT2D eigenvalue weighted by atomic mass is 16.5. The summed E-state index contributed by atoms with van der Waals surface area (Å²) >= 11 is 0. The molecule has 0 atom stereocenters. The van der Waals surface area contributed by atoms with Crippen LogP contribution in [-0.4, -0.2) is 26.4 Å². The van der Waals surface area contributed by atoms with Crippen molar-refractivity contribution in [3.05, 3.63) is 18.0 Å². The van der Waals surface area contributed by atoms with Crippen LogP contribution < -0.4 is 5.73 Å². The number of carboxylic acid groups (broad SMARTS) is 1. The third-order valence-corrected chi connectivity index (χ3v) is 1.70. The molecule has 0 spiro atoms. The lowest BCUT2D eigenvalue weighted by Gasteiger charge is -1.91. The van der Waals surface area contributed by atoms with Gasteiger partial charge in [-0.1, -0.05) is 5.16 Å². The van der Waals surface area contributed by atoms with Crippen molar-refractivity contribution in [2.24, 2.45) is 0 Å². The van der Waals surface area contributed by atoms with E-state index in [0.717, 1.165) is 0 Å². The molecule has 2 aromatic heterocycles. The predicted molar refractivity (Wildman–Crippen MR) is 45.5 cm³/mol. The van der Waals surface area contributed by atoms with Crippen molar-refractivity contribution in [1.29, 1.82) is 0 Å². The Labute approximate surface area is 77.5 Å². The molecule has 0 aliphatic carbocycles. The highest BCUT2D eigenvalue weighted by Gasteiger charge is 2.21. The molecule has 7 heteroatoms. The van der Waals surface area contributed by atoms with Crippen molar-refractivity contribution in [3.8, 4) is 11.3 Å². The van der Waals surface area contributed by atoms with E-state index in [2.05, 4.69) is 19.9 Å². The number of aromatic nitrogens is 3. The molecule has 0 saturated heterocycles. The minimum Gasteiger partial charge on any atom is -0.477 e. The highest BCUT2D eigenvalue weighted by molar-refractivity contribution is 5.98. The number of anilines is 1. The molecule has 0 fully saturated rings. The molecule has 0 bridgehead atoms. The van der Waals surface area contributed by atoms with Crippen LogP contribution in [-0.2, 0) is 0 Å². The Morgan fingerprint density at radius 1 is 1.64 bits per heavy atom. The van der Waals surface area contributed by atoms with Crippen LogP contribution in [0.1, 0.15) is 10.4 Å². The predicted octanol–water partition coefficient (Wildman–Crippen LogP) is 0.345. The number of nitrogens with two attached hydrogens (primary N) is 1. The van der Waals surface area contributed by atoms with E-state index in [0.29, 0.717) is 5.56 Å². The molecular weight excluding hydrogens is 188 g/mol. The largest absolute Gasteiger partial charge is 0.477 e. The first-order valence-corrected chi connectivity index (χ1v) is 3.67. The fraction of sp³-hybridized carbons (Fsp3) is 0. The van der Waals surface area contributed by atoms with E-state index in [9.17, 15) is 4.79 Å². The van der Waals surface area contributed by atoms with Crippen LogP contribution in [0.5, 0.6) is 0 Å². The minimum absolute atomic E-state index is 0.147. The number of rotatable bonds is 2. The maximum atomic E-state index is 10.8. The van der Waals surface area contributed by atoms with E-state index in [-0.39, 0.29) is 17.1 Å². The summed E-state index contributed by atoms with van der Waals surface area (Å²) in [6, 6.07) is 0. The smallest absolute Gasteiger partial charge is 0.343 e. The summed E-state index contributed by atoms with van der Waals surface area (Å²) in [4.78, 5) is 10.8. The molecule has 2 aromatic rings. The Morgan fingerprint density at radius 2 is 2.43 bits per heavy atom. The van der Waals surface area contributed by atoms with Gasteiger partial charge in [-0.15, -0.1) is 0 Å². The summed E-state index contributed by atoms with van der Waals surface area (Å²) in [5.41, 5.74) is 5.85. The minimum atomic E-state index is -1.18. The van der Waals surface area contributed by atoms with E-state index >= 15 is 0 Å². The number of nitrogens with zero attached hydrogens (tertiary/aromatic N) is 2. The van der Waals surface area contributed by atoms with Gasteiger partial charge in [-0.2, -0.15) is 5.10 Å². The van der Waals surface area contributed by atoms with Gasteiger partial charge < -0.3 is 15.4 Å². The van der Waals surface area contributed by atoms with Gasteiger partial charge in [0.1, 0.15) is 5.69 Å². The van der Waals surface area contributed by atoms with E-state index in [1.54, 1.807) is 0 Å². The normalized spacial score (nSPS) is 10.3. The quantitative estimate of drug-likeness (QED) is 0.634. The monoisotopic (exact) mass is 194 g/mol. The second kappa shape index (κ2) is 2.87. The van der Waals surface area contributed by atoms with Gasteiger partial charge in [0.05, 0.1) is 6.20 Å². The maximum absolute atomic E-state index is 10.8. The molecule has 0 saturated carbocycles. The van der Waals surface area contributed by atoms with Crippen LogP contribution in [0, 0.1) is 0 Å². The zero-order valence-electron chi connectivity index (χ0n) is 6.89. The fourth-order valence-electron chi connectivity index (χ4n) is 1.09. The maximum Gasteiger partial charge on any atom is 0.343 e. The van der Waals surface area contributed by atoms with Crippen LogP contribution in [0.2, 0.25) is 0 Å². The van der Waals surface area contributed by atoms with Crippen molar-refractivity contribution in [2.45, 2.75) is 0 Å². The van der Waals surface area contributed by atoms with Crippen molar-refractivity contribution >= 4 is 11.9 Å². The van der Waals surface area contributed by atoms with E-state index in [1.807, 2.05) is 0 Å². The molecular formula is C7H6N4O3. The third kappa shape index (κ3) is 1.11. The highest BCUT2D eigenvalue weighted by Crippen LogP contribution is 2.25. The molecule has 14 heavy (non-hydrogen) atoms. The summed E-state index contributed by atoms with van der Waals surface area (Å²) in [7, 11) is 0. The summed E-state index contributed by atoms with van der Waals surface area (Å²) in [5.74, 6) is -1.39. The molecule has 2 rings (SSSR count). The van der Waals surface area contributed by atoms with Crippen LogP contribution in [0.4, 0.5) is 5.88 Å². The third-order valence-electron chi connectivity index (χ3n) is 1.70. The van der Waals surface area contributed by atoms with Gasteiger partial charge in [-0.05, 0) is 0 Å². The van der Waals surface area contributed by atoms with Gasteiger partial charge in [-0.25, -0.2) is 4.79 Å². The van der Waals surface area contributed by atoms with Gasteiger partial charge in [-0.3, -0.25) is 5.10 Å². The van der Waals surface area contributed by atoms with E-state index < -0.39 is 5.97 Å². The van der Waals surface area contributed by atoms with Crippen molar-refractivity contribution in [2.75, 3.05) is 5.73 Å². The average Bonchev–Trinajstić information content (AvgIpc) is 2.70. The number of nitrogens with one attached hydrogen (secondary N) is 1.